The van der Waals surface area contributed by atoms with Crippen molar-refractivity contribution in [3.8, 4) is 17.2 Å². The van der Waals surface area contributed by atoms with Gasteiger partial charge in [0.2, 0.25) is 0 Å². The minimum Gasteiger partial charge on any atom is -0.495 e. The number of imidazole rings is 1. The molecule has 1 N–H and O–H groups in total. The molecule has 0 aromatic carbocycles. The van der Waals surface area contributed by atoms with Crippen LogP contribution in [-0.2, 0) is 0 Å². The number of carbonyl (C=O) groups excluding carboxylic acids is 1. The van der Waals surface area contributed by atoms with Crippen molar-refractivity contribution in [1.82, 2.24) is 19.4 Å². The molecule has 4 aromatic heterocycles. The molecule has 0 atom stereocenters. The van der Waals surface area contributed by atoms with E-state index in [1.54, 1.807) is 60.7 Å². The van der Waals surface area contributed by atoms with Gasteiger partial charge in [-0.25, -0.2) is 9.97 Å². The van der Waals surface area contributed by atoms with E-state index in [4.69, 9.17) is 9.47 Å². The summed E-state index contributed by atoms with van der Waals surface area (Å²) in [5.74, 6) is 1.67. The van der Waals surface area contributed by atoms with Crippen molar-refractivity contribution < 1.29 is 14.3 Å². The summed E-state index contributed by atoms with van der Waals surface area (Å²) in [6.07, 6.45) is 8.25. The van der Waals surface area contributed by atoms with Crippen molar-refractivity contribution in [1.29, 1.82) is 0 Å². The van der Waals surface area contributed by atoms with Gasteiger partial charge in [0, 0.05) is 24.2 Å². The van der Waals surface area contributed by atoms with Gasteiger partial charge in [-0.3, -0.25) is 9.78 Å². The van der Waals surface area contributed by atoms with Gasteiger partial charge in [0.25, 0.3) is 5.91 Å². The molecule has 0 radical (unpaired) electrons. The van der Waals surface area contributed by atoms with Gasteiger partial charge in [-0.1, -0.05) is 6.07 Å². The summed E-state index contributed by atoms with van der Waals surface area (Å²) in [6.45, 7) is 1.86. The summed E-state index contributed by atoms with van der Waals surface area (Å²) >= 11 is 0. The first-order chi connectivity index (χ1) is 13.6. The van der Waals surface area contributed by atoms with E-state index in [0.717, 1.165) is 5.69 Å². The van der Waals surface area contributed by atoms with Crippen LogP contribution < -0.4 is 14.8 Å². The Morgan fingerprint density at radius 2 is 2.00 bits per heavy atom. The van der Waals surface area contributed by atoms with Crippen molar-refractivity contribution in [2.75, 3.05) is 12.4 Å². The third-order valence-corrected chi connectivity index (χ3v) is 4.00. The monoisotopic (exact) mass is 375 g/mol. The Morgan fingerprint density at radius 1 is 1.14 bits per heavy atom. The molecule has 8 nitrogen and oxygen atoms in total. The molecule has 0 aliphatic heterocycles. The number of ether oxygens (including phenoxy) is 2. The van der Waals surface area contributed by atoms with Gasteiger partial charge in [0.1, 0.15) is 28.7 Å². The van der Waals surface area contributed by atoms with E-state index < -0.39 is 0 Å². The first kappa shape index (κ1) is 17.5. The smallest absolute Gasteiger partial charge is 0.260 e. The average molecular weight is 375 g/mol. The van der Waals surface area contributed by atoms with Gasteiger partial charge in [-0.05, 0) is 25.1 Å². The van der Waals surface area contributed by atoms with Gasteiger partial charge < -0.3 is 19.2 Å². The Balaban J connectivity index is 1.67. The molecule has 28 heavy (non-hydrogen) atoms. The van der Waals surface area contributed by atoms with E-state index >= 15 is 0 Å². The largest absolute Gasteiger partial charge is 0.495 e. The Labute approximate surface area is 160 Å². The summed E-state index contributed by atoms with van der Waals surface area (Å²) in [5, 5.41) is 2.80. The standard InChI is InChI=1S/C20H17N5O3/c1-13-4-3-5-18(23-13)24-20(26)17-9-16(12-25-7-6-22-19(17)25)28-15-8-14(27-2)10-21-11-15/h3-12H,1-2H3,(H,23,24,26). The molecule has 8 heteroatoms. The van der Waals surface area contributed by atoms with Gasteiger partial charge in [0.05, 0.1) is 31.3 Å². The zero-order valence-electron chi connectivity index (χ0n) is 15.3. The lowest BCUT2D eigenvalue weighted by molar-refractivity contribution is 0.102. The van der Waals surface area contributed by atoms with Crippen molar-refractivity contribution in [2.45, 2.75) is 6.92 Å². The van der Waals surface area contributed by atoms with E-state index in [1.165, 1.54) is 0 Å². The number of aryl methyl sites for hydroxylation is 1. The number of rotatable bonds is 5. The fourth-order valence-electron chi connectivity index (χ4n) is 2.73. The summed E-state index contributed by atoms with van der Waals surface area (Å²) in [5.41, 5.74) is 1.69. The molecule has 0 fully saturated rings. The molecular formula is C20H17N5O3. The zero-order chi connectivity index (χ0) is 19.5. The van der Waals surface area contributed by atoms with E-state index in [2.05, 4.69) is 20.3 Å². The number of hydrogen-bond acceptors (Lipinski definition) is 6. The number of methoxy groups -OCH3 is 1. The maximum atomic E-state index is 12.9. The number of amides is 1. The van der Waals surface area contributed by atoms with Crippen LogP contribution in [-0.4, -0.2) is 32.4 Å². The molecular weight excluding hydrogens is 358 g/mol. The van der Waals surface area contributed by atoms with Crippen LogP contribution in [0.5, 0.6) is 17.2 Å². The highest BCUT2D eigenvalue weighted by Crippen LogP contribution is 2.26. The second-order valence-electron chi connectivity index (χ2n) is 6.03. The van der Waals surface area contributed by atoms with Crippen LogP contribution >= 0.6 is 0 Å². The van der Waals surface area contributed by atoms with Gasteiger partial charge in [0.15, 0.2) is 0 Å². The van der Waals surface area contributed by atoms with Crippen molar-refractivity contribution in [2.24, 2.45) is 0 Å². The fraction of sp³-hybridized carbons (Fsp3) is 0.100. The van der Waals surface area contributed by atoms with Crippen LogP contribution in [0.2, 0.25) is 0 Å². The van der Waals surface area contributed by atoms with Crippen LogP contribution in [0.1, 0.15) is 16.1 Å². The van der Waals surface area contributed by atoms with Gasteiger partial charge >= 0.3 is 0 Å². The molecule has 4 heterocycles. The lowest BCUT2D eigenvalue weighted by Gasteiger charge is -2.11. The van der Waals surface area contributed by atoms with E-state index in [9.17, 15) is 4.79 Å². The highest BCUT2D eigenvalue weighted by molar-refractivity contribution is 6.08. The third kappa shape index (κ3) is 3.61. The molecule has 1 amide bonds. The Hall–Kier alpha value is -3.94. The number of hydrogen-bond donors (Lipinski definition) is 1. The highest BCUT2D eigenvalue weighted by atomic mass is 16.5. The quantitative estimate of drug-likeness (QED) is 0.574. The molecule has 0 aliphatic rings. The number of anilines is 1. The minimum atomic E-state index is -0.330. The number of pyridine rings is 3. The van der Waals surface area contributed by atoms with E-state index in [0.29, 0.717) is 34.3 Å². The predicted molar refractivity (Wildman–Crippen MR) is 103 cm³/mol. The van der Waals surface area contributed by atoms with Crippen LogP contribution in [0, 0.1) is 6.92 Å². The molecule has 140 valence electrons. The third-order valence-electron chi connectivity index (χ3n) is 4.00. The molecule has 0 saturated carbocycles. The second kappa shape index (κ2) is 7.36. The summed E-state index contributed by atoms with van der Waals surface area (Å²) in [7, 11) is 1.56. The van der Waals surface area contributed by atoms with Crippen LogP contribution in [0.15, 0.2) is 61.3 Å². The summed E-state index contributed by atoms with van der Waals surface area (Å²) in [4.78, 5) is 25.5. The van der Waals surface area contributed by atoms with Gasteiger partial charge in [-0.2, -0.15) is 0 Å². The van der Waals surface area contributed by atoms with Crippen LogP contribution in [0.3, 0.4) is 0 Å². The second-order valence-corrected chi connectivity index (χ2v) is 6.03. The molecule has 4 aromatic rings. The van der Waals surface area contributed by atoms with Crippen molar-refractivity contribution >= 4 is 17.4 Å². The number of aromatic nitrogens is 4. The summed E-state index contributed by atoms with van der Waals surface area (Å²) < 4.78 is 12.8. The normalized spacial score (nSPS) is 10.6. The first-order valence-electron chi connectivity index (χ1n) is 8.51. The molecule has 0 spiro atoms. The SMILES string of the molecule is COc1cncc(Oc2cc(C(=O)Nc3cccc(C)n3)c3nccn3c2)c1. The molecule has 0 aliphatic carbocycles. The van der Waals surface area contributed by atoms with Crippen LogP contribution in [0.25, 0.3) is 5.65 Å². The van der Waals surface area contributed by atoms with E-state index in [-0.39, 0.29) is 5.91 Å². The summed E-state index contributed by atoms with van der Waals surface area (Å²) in [6, 6.07) is 8.77. The van der Waals surface area contributed by atoms with E-state index in [1.807, 2.05) is 19.1 Å². The van der Waals surface area contributed by atoms with Gasteiger partial charge in [-0.15, -0.1) is 0 Å². The lowest BCUT2D eigenvalue weighted by atomic mass is 10.2. The maximum absolute atomic E-state index is 12.9. The van der Waals surface area contributed by atoms with Crippen molar-refractivity contribution in [3.05, 3.63) is 72.6 Å². The average Bonchev–Trinajstić information content (AvgIpc) is 3.16. The highest BCUT2D eigenvalue weighted by Gasteiger charge is 2.15. The number of nitrogens with one attached hydrogen (secondary N) is 1. The zero-order valence-corrected chi connectivity index (χ0v) is 15.3. The maximum Gasteiger partial charge on any atom is 0.260 e. The number of nitrogens with zero attached hydrogens (tertiary/aromatic N) is 4. The lowest BCUT2D eigenvalue weighted by Crippen LogP contribution is -2.14. The first-order valence-corrected chi connectivity index (χ1v) is 8.51. The number of fused-ring (bicyclic) bond motifs is 1. The topological polar surface area (TPSA) is 90.6 Å². The Kier molecular flexibility index (Phi) is 4.59. The molecule has 4 rings (SSSR count). The Morgan fingerprint density at radius 3 is 2.82 bits per heavy atom. The molecule has 0 saturated heterocycles. The fourth-order valence-corrected chi connectivity index (χ4v) is 2.73. The minimum absolute atomic E-state index is 0.330. The molecule has 0 bridgehead atoms. The Bertz CT molecular complexity index is 1160. The molecule has 0 unspecified atom stereocenters. The van der Waals surface area contributed by atoms with Crippen LogP contribution in [0.4, 0.5) is 5.82 Å². The predicted octanol–water partition coefficient (Wildman–Crippen LogP) is 3.49. The number of carbonyl (C=O) groups is 1. The van der Waals surface area contributed by atoms with Crippen molar-refractivity contribution in [3.63, 3.8) is 0 Å².